The molecule has 0 atom stereocenters. The van der Waals surface area contributed by atoms with E-state index in [0.717, 1.165) is 0 Å². The lowest BCUT2D eigenvalue weighted by Gasteiger charge is -2.32. The first kappa shape index (κ1) is 23.7. The molecule has 3 rings (SSSR count). The number of hydrogen-bond acceptors (Lipinski definition) is 6. The first-order chi connectivity index (χ1) is 15.4. The molecule has 0 N–H and O–H groups in total. The quantitative estimate of drug-likeness (QED) is 0.259. The van der Waals surface area contributed by atoms with E-state index in [1.54, 1.807) is 80.6 Å². The number of carbonyl (C=O) groups is 1. The average molecular weight is 455 g/mol. The van der Waals surface area contributed by atoms with Gasteiger partial charge in [-0.3, -0.25) is 4.18 Å². The minimum Gasteiger partial charge on any atom is -0.463 e. The zero-order chi connectivity index (χ0) is 23.0. The molecular weight excluding hydrogens is 428 g/mol. The van der Waals surface area contributed by atoms with Gasteiger partial charge < -0.3 is 9.47 Å². The Morgan fingerprint density at radius 3 is 1.88 bits per heavy atom. The molecule has 0 bridgehead atoms. The molecule has 0 radical (unpaired) electrons. The van der Waals surface area contributed by atoms with Gasteiger partial charge in [-0.1, -0.05) is 78.9 Å². The van der Waals surface area contributed by atoms with Crippen molar-refractivity contribution in [3.8, 4) is 0 Å². The summed E-state index contributed by atoms with van der Waals surface area (Å²) in [6.45, 7) is 3.16. The van der Waals surface area contributed by atoms with Gasteiger partial charge in [-0.2, -0.15) is 8.42 Å². The van der Waals surface area contributed by atoms with Crippen LogP contribution in [0.1, 0.15) is 23.6 Å². The number of rotatable bonds is 10. The second kappa shape index (κ2) is 10.5. The van der Waals surface area contributed by atoms with Gasteiger partial charge in [0.25, 0.3) is 10.1 Å². The van der Waals surface area contributed by atoms with Crippen LogP contribution in [0.2, 0.25) is 0 Å². The highest BCUT2D eigenvalue weighted by Crippen LogP contribution is 2.35. The monoisotopic (exact) mass is 454 g/mol. The van der Waals surface area contributed by atoms with E-state index in [1.165, 1.54) is 6.07 Å². The van der Waals surface area contributed by atoms with Crippen LogP contribution >= 0.6 is 0 Å². The van der Waals surface area contributed by atoms with E-state index in [1.807, 2.05) is 12.1 Å². The Morgan fingerprint density at radius 2 is 1.34 bits per heavy atom. The average Bonchev–Trinajstić information content (AvgIpc) is 2.81. The molecule has 0 aliphatic heterocycles. The first-order valence-corrected chi connectivity index (χ1v) is 11.7. The van der Waals surface area contributed by atoms with E-state index in [0.29, 0.717) is 16.7 Å². The molecule has 0 aliphatic rings. The van der Waals surface area contributed by atoms with Crippen LogP contribution in [0.4, 0.5) is 0 Å². The smallest absolute Gasteiger partial charge is 0.347 e. The molecule has 168 valence electrons. The summed E-state index contributed by atoms with van der Waals surface area (Å²) in [4.78, 5) is 13.3. The highest BCUT2D eigenvalue weighted by molar-refractivity contribution is 7.86. The van der Waals surface area contributed by atoms with Crippen LogP contribution in [-0.4, -0.2) is 34.2 Å². The Kier molecular flexibility index (Phi) is 7.80. The van der Waals surface area contributed by atoms with Gasteiger partial charge in [0.2, 0.25) is 5.60 Å². The van der Waals surface area contributed by atoms with Gasteiger partial charge in [0.1, 0.15) is 0 Å². The predicted molar refractivity (Wildman–Crippen MR) is 121 cm³/mol. The Bertz CT molecular complexity index is 1090. The third-order valence-corrected chi connectivity index (χ3v) is 6.40. The lowest BCUT2D eigenvalue weighted by Crippen LogP contribution is -2.42. The van der Waals surface area contributed by atoms with E-state index in [-0.39, 0.29) is 24.7 Å². The summed E-state index contributed by atoms with van der Waals surface area (Å²) in [5, 5.41) is 0. The van der Waals surface area contributed by atoms with Crippen molar-refractivity contribution >= 4 is 16.1 Å². The number of benzene rings is 3. The van der Waals surface area contributed by atoms with E-state index in [9.17, 15) is 13.2 Å². The van der Waals surface area contributed by atoms with E-state index >= 15 is 0 Å². The second-order valence-corrected chi connectivity index (χ2v) is 8.61. The maximum absolute atomic E-state index is 13.2. The molecule has 0 amide bonds. The number of aryl methyl sites for hydroxylation is 1. The van der Waals surface area contributed by atoms with Crippen LogP contribution < -0.4 is 0 Å². The second-order valence-electron chi connectivity index (χ2n) is 7.02. The molecule has 7 heteroatoms. The molecule has 0 fully saturated rings. The van der Waals surface area contributed by atoms with Crippen molar-refractivity contribution in [3.63, 3.8) is 0 Å². The molecule has 0 unspecified atom stereocenters. The molecule has 6 nitrogen and oxygen atoms in total. The minimum atomic E-state index is -3.96. The van der Waals surface area contributed by atoms with Crippen molar-refractivity contribution < 1.29 is 26.9 Å². The summed E-state index contributed by atoms with van der Waals surface area (Å²) >= 11 is 0. The fourth-order valence-electron chi connectivity index (χ4n) is 3.45. The van der Waals surface area contributed by atoms with Crippen molar-refractivity contribution in [1.82, 2.24) is 0 Å². The van der Waals surface area contributed by atoms with Crippen molar-refractivity contribution in [1.29, 1.82) is 0 Å². The van der Waals surface area contributed by atoms with E-state index in [4.69, 9.17) is 13.7 Å². The zero-order valence-corrected chi connectivity index (χ0v) is 18.9. The predicted octanol–water partition coefficient (Wildman–Crippen LogP) is 4.22. The van der Waals surface area contributed by atoms with Crippen LogP contribution in [0.25, 0.3) is 0 Å². The Balaban J connectivity index is 1.88. The Labute approximate surface area is 188 Å². The van der Waals surface area contributed by atoms with Crippen LogP contribution in [0, 0.1) is 6.92 Å². The Hall–Kier alpha value is -3.00. The van der Waals surface area contributed by atoms with Crippen molar-refractivity contribution in [2.24, 2.45) is 0 Å². The van der Waals surface area contributed by atoms with Gasteiger partial charge >= 0.3 is 5.97 Å². The molecule has 3 aromatic rings. The SMILES string of the molecule is CCOC(=O)C(OCCOS(=O)(=O)c1ccccc1C)(c1ccccc1)c1ccccc1. The Morgan fingerprint density at radius 1 is 0.812 bits per heavy atom. The van der Waals surface area contributed by atoms with Crippen LogP contribution in [0.3, 0.4) is 0 Å². The molecule has 0 aliphatic carbocycles. The van der Waals surface area contributed by atoms with Crippen LogP contribution in [-0.2, 0) is 34.2 Å². The van der Waals surface area contributed by atoms with Crippen molar-refractivity contribution in [2.75, 3.05) is 19.8 Å². The molecule has 0 aromatic heterocycles. The van der Waals surface area contributed by atoms with Gasteiger partial charge in [0.15, 0.2) is 0 Å². The summed E-state index contributed by atoms with van der Waals surface area (Å²) in [5.41, 5.74) is 0.176. The van der Waals surface area contributed by atoms with Crippen LogP contribution in [0.5, 0.6) is 0 Å². The number of ether oxygens (including phenoxy) is 2. The van der Waals surface area contributed by atoms with Gasteiger partial charge in [-0.15, -0.1) is 0 Å². The zero-order valence-electron chi connectivity index (χ0n) is 18.1. The highest BCUT2D eigenvalue weighted by atomic mass is 32.2. The number of hydrogen-bond donors (Lipinski definition) is 0. The van der Waals surface area contributed by atoms with E-state index < -0.39 is 21.7 Å². The number of carbonyl (C=O) groups excluding carboxylic acids is 1. The lowest BCUT2D eigenvalue weighted by molar-refractivity contribution is -0.169. The largest absolute Gasteiger partial charge is 0.463 e. The summed E-state index contributed by atoms with van der Waals surface area (Å²) in [5.74, 6) is -0.584. The third kappa shape index (κ3) is 5.07. The topological polar surface area (TPSA) is 78.9 Å². The fraction of sp³-hybridized carbons (Fsp3) is 0.240. The summed E-state index contributed by atoms with van der Waals surface area (Å²) in [6, 6.07) is 24.5. The summed E-state index contributed by atoms with van der Waals surface area (Å²) < 4.78 is 41.9. The first-order valence-electron chi connectivity index (χ1n) is 10.3. The maximum atomic E-state index is 13.2. The van der Waals surface area contributed by atoms with Crippen molar-refractivity contribution in [3.05, 3.63) is 102 Å². The molecule has 0 saturated heterocycles. The van der Waals surface area contributed by atoms with Crippen LogP contribution in [0.15, 0.2) is 89.8 Å². The minimum absolute atomic E-state index is 0.0998. The third-order valence-electron chi connectivity index (χ3n) is 4.93. The molecule has 0 heterocycles. The molecule has 3 aromatic carbocycles. The maximum Gasteiger partial charge on any atom is 0.347 e. The highest BCUT2D eigenvalue weighted by Gasteiger charge is 2.45. The standard InChI is InChI=1S/C25H26O6S/c1-3-29-24(26)25(21-13-6-4-7-14-21,22-15-8-5-9-16-22)30-18-19-31-32(27,28)23-17-11-10-12-20(23)2/h4-17H,3,18-19H2,1-2H3. The molecule has 0 spiro atoms. The fourth-order valence-corrected chi connectivity index (χ4v) is 4.57. The molecule has 0 saturated carbocycles. The van der Waals surface area contributed by atoms with Gasteiger partial charge in [0.05, 0.1) is 24.7 Å². The van der Waals surface area contributed by atoms with Crippen molar-refractivity contribution in [2.45, 2.75) is 24.3 Å². The number of esters is 1. The summed E-state index contributed by atoms with van der Waals surface area (Å²) in [7, 11) is -3.96. The molecule has 32 heavy (non-hydrogen) atoms. The van der Waals surface area contributed by atoms with Gasteiger partial charge in [-0.05, 0) is 36.6 Å². The van der Waals surface area contributed by atoms with E-state index in [2.05, 4.69) is 0 Å². The summed E-state index contributed by atoms with van der Waals surface area (Å²) in [6.07, 6.45) is 0. The lowest BCUT2D eigenvalue weighted by atomic mass is 9.86. The molecular formula is C25H26O6S. The normalized spacial score (nSPS) is 11.8. The van der Waals surface area contributed by atoms with Gasteiger partial charge in [-0.25, -0.2) is 4.79 Å². The van der Waals surface area contributed by atoms with Gasteiger partial charge in [0, 0.05) is 0 Å².